The SMILES string of the molecule is CCN(CC)Cc1nsc(NC(=O)c2coc(-c3cccc(OC)c3)c2)n1. The van der Waals surface area contributed by atoms with Crippen LogP contribution in [0.15, 0.2) is 41.0 Å². The second-order valence-corrected chi connectivity index (χ2v) is 6.61. The molecule has 0 aliphatic carbocycles. The molecule has 0 radical (unpaired) electrons. The summed E-state index contributed by atoms with van der Waals surface area (Å²) in [4.78, 5) is 19.1. The molecule has 142 valence electrons. The van der Waals surface area contributed by atoms with Gasteiger partial charge in [-0.2, -0.15) is 4.37 Å². The predicted molar refractivity (Wildman–Crippen MR) is 105 cm³/mol. The minimum absolute atomic E-state index is 0.279. The summed E-state index contributed by atoms with van der Waals surface area (Å²) in [5.74, 6) is 1.75. The van der Waals surface area contributed by atoms with E-state index in [0.717, 1.165) is 24.4 Å². The van der Waals surface area contributed by atoms with Gasteiger partial charge in [0.1, 0.15) is 17.8 Å². The van der Waals surface area contributed by atoms with Crippen LogP contribution in [-0.4, -0.2) is 40.4 Å². The van der Waals surface area contributed by atoms with Crippen LogP contribution in [0, 0.1) is 0 Å². The molecule has 0 bridgehead atoms. The van der Waals surface area contributed by atoms with Crippen molar-refractivity contribution >= 4 is 22.6 Å². The molecule has 0 aliphatic rings. The molecule has 8 heteroatoms. The third-order valence-electron chi connectivity index (χ3n) is 4.16. The molecule has 0 saturated heterocycles. The summed E-state index contributed by atoms with van der Waals surface area (Å²) < 4.78 is 15.1. The molecule has 0 spiro atoms. The second-order valence-electron chi connectivity index (χ2n) is 5.86. The number of furan rings is 1. The molecule has 0 atom stereocenters. The van der Waals surface area contributed by atoms with E-state index in [1.807, 2.05) is 24.3 Å². The fraction of sp³-hybridized carbons (Fsp3) is 0.316. The van der Waals surface area contributed by atoms with Crippen molar-refractivity contribution in [2.75, 3.05) is 25.5 Å². The highest BCUT2D eigenvalue weighted by molar-refractivity contribution is 7.09. The van der Waals surface area contributed by atoms with Gasteiger partial charge in [-0.15, -0.1) is 0 Å². The van der Waals surface area contributed by atoms with Gasteiger partial charge in [0.15, 0.2) is 5.82 Å². The van der Waals surface area contributed by atoms with Gasteiger partial charge < -0.3 is 9.15 Å². The lowest BCUT2D eigenvalue weighted by Crippen LogP contribution is -2.22. The molecule has 7 nitrogen and oxygen atoms in total. The lowest BCUT2D eigenvalue weighted by Gasteiger charge is -2.14. The first-order chi connectivity index (χ1) is 13.1. The molecule has 2 aromatic heterocycles. The fourth-order valence-electron chi connectivity index (χ4n) is 2.57. The molecule has 27 heavy (non-hydrogen) atoms. The van der Waals surface area contributed by atoms with Gasteiger partial charge >= 0.3 is 0 Å². The highest BCUT2D eigenvalue weighted by Gasteiger charge is 2.15. The minimum atomic E-state index is -0.279. The zero-order valence-electron chi connectivity index (χ0n) is 15.6. The van der Waals surface area contributed by atoms with Gasteiger partial charge in [0.05, 0.1) is 19.2 Å². The van der Waals surface area contributed by atoms with Gasteiger partial charge in [0, 0.05) is 17.1 Å². The third-order valence-corrected chi connectivity index (χ3v) is 4.83. The van der Waals surface area contributed by atoms with Crippen molar-refractivity contribution in [2.24, 2.45) is 0 Å². The van der Waals surface area contributed by atoms with Crippen molar-refractivity contribution in [1.82, 2.24) is 14.3 Å². The monoisotopic (exact) mass is 386 g/mol. The van der Waals surface area contributed by atoms with Crippen LogP contribution in [0.2, 0.25) is 0 Å². The number of aromatic nitrogens is 2. The second kappa shape index (κ2) is 8.79. The molecular weight excluding hydrogens is 364 g/mol. The van der Waals surface area contributed by atoms with Crippen LogP contribution >= 0.6 is 11.5 Å². The fourth-order valence-corrected chi connectivity index (χ4v) is 3.14. The summed E-state index contributed by atoms with van der Waals surface area (Å²) in [6.45, 7) is 6.72. The van der Waals surface area contributed by atoms with Gasteiger partial charge in [0.2, 0.25) is 5.13 Å². The summed E-state index contributed by atoms with van der Waals surface area (Å²) in [6.07, 6.45) is 1.43. The molecular formula is C19H22N4O3S. The van der Waals surface area contributed by atoms with E-state index >= 15 is 0 Å². The van der Waals surface area contributed by atoms with Crippen molar-refractivity contribution < 1.29 is 13.9 Å². The van der Waals surface area contributed by atoms with Gasteiger partial charge in [-0.1, -0.05) is 26.0 Å². The first-order valence-corrected chi connectivity index (χ1v) is 9.49. The molecule has 0 aliphatic heterocycles. The molecule has 1 amide bonds. The van der Waals surface area contributed by atoms with Crippen LogP contribution in [0.5, 0.6) is 5.75 Å². The van der Waals surface area contributed by atoms with Gasteiger partial charge in [-0.25, -0.2) is 4.98 Å². The van der Waals surface area contributed by atoms with E-state index in [0.29, 0.717) is 28.8 Å². The quantitative estimate of drug-likeness (QED) is 0.632. The summed E-state index contributed by atoms with van der Waals surface area (Å²) in [5.41, 5.74) is 1.26. The van der Waals surface area contributed by atoms with Crippen LogP contribution < -0.4 is 10.1 Å². The van der Waals surface area contributed by atoms with Gasteiger partial charge in [0.25, 0.3) is 5.91 Å². The molecule has 3 rings (SSSR count). The van der Waals surface area contributed by atoms with E-state index in [-0.39, 0.29) is 5.91 Å². The van der Waals surface area contributed by atoms with Crippen molar-refractivity contribution in [1.29, 1.82) is 0 Å². The Balaban J connectivity index is 1.67. The Bertz CT molecular complexity index is 902. The predicted octanol–water partition coefficient (Wildman–Crippen LogP) is 3.90. The van der Waals surface area contributed by atoms with Crippen LogP contribution in [0.1, 0.15) is 30.0 Å². The Hall–Kier alpha value is -2.71. The summed E-state index contributed by atoms with van der Waals surface area (Å²) in [7, 11) is 1.61. The first kappa shape index (κ1) is 19.1. The van der Waals surface area contributed by atoms with E-state index in [9.17, 15) is 4.79 Å². The highest BCUT2D eigenvalue weighted by Crippen LogP contribution is 2.26. The van der Waals surface area contributed by atoms with Crippen molar-refractivity contribution in [3.05, 3.63) is 48.0 Å². The first-order valence-electron chi connectivity index (χ1n) is 8.72. The number of nitrogens with one attached hydrogen (secondary N) is 1. The Morgan fingerprint density at radius 2 is 2.11 bits per heavy atom. The van der Waals surface area contributed by atoms with Gasteiger partial charge in [-0.3, -0.25) is 15.0 Å². The molecule has 0 fully saturated rings. The zero-order valence-corrected chi connectivity index (χ0v) is 16.4. The number of carbonyl (C=O) groups is 1. The third kappa shape index (κ3) is 4.72. The number of rotatable bonds is 8. The van der Waals surface area contributed by atoms with E-state index < -0.39 is 0 Å². The maximum absolute atomic E-state index is 12.5. The van der Waals surface area contributed by atoms with E-state index in [4.69, 9.17) is 9.15 Å². The van der Waals surface area contributed by atoms with Crippen LogP contribution in [0.25, 0.3) is 11.3 Å². The van der Waals surface area contributed by atoms with Crippen molar-refractivity contribution in [3.63, 3.8) is 0 Å². The number of amides is 1. The minimum Gasteiger partial charge on any atom is -0.497 e. The molecule has 0 unspecified atom stereocenters. The number of ether oxygens (including phenoxy) is 1. The Morgan fingerprint density at radius 1 is 1.30 bits per heavy atom. The number of nitrogens with zero attached hydrogens (tertiary/aromatic N) is 3. The normalized spacial score (nSPS) is 11.0. The number of carbonyl (C=O) groups excluding carboxylic acids is 1. The number of anilines is 1. The van der Waals surface area contributed by atoms with Gasteiger partial charge in [-0.05, 0) is 31.3 Å². The number of benzene rings is 1. The van der Waals surface area contributed by atoms with Crippen LogP contribution in [0.3, 0.4) is 0 Å². The summed E-state index contributed by atoms with van der Waals surface area (Å²) in [5, 5.41) is 3.26. The average molecular weight is 386 g/mol. The maximum atomic E-state index is 12.5. The largest absolute Gasteiger partial charge is 0.497 e. The highest BCUT2D eigenvalue weighted by atomic mass is 32.1. The summed E-state index contributed by atoms with van der Waals surface area (Å²) in [6, 6.07) is 9.17. The topological polar surface area (TPSA) is 80.5 Å². The average Bonchev–Trinajstić information content (AvgIpc) is 3.36. The molecule has 2 heterocycles. The number of hydrogen-bond acceptors (Lipinski definition) is 7. The number of hydrogen-bond donors (Lipinski definition) is 1. The van der Waals surface area contributed by atoms with E-state index in [2.05, 4.69) is 33.4 Å². The Labute approximate surface area is 162 Å². The molecule has 0 saturated carbocycles. The summed E-state index contributed by atoms with van der Waals surface area (Å²) >= 11 is 1.18. The van der Waals surface area contributed by atoms with Crippen LogP contribution in [-0.2, 0) is 6.54 Å². The van der Waals surface area contributed by atoms with Crippen molar-refractivity contribution in [2.45, 2.75) is 20.4 Å². The lowest BCUT2D eigenvalue weighted by molar-refractivity contribution is 0.102. The zero-order chi connectivity index (χ0) is 19.2. The Kier molecular flexibility index (Phi) is 6.20. The maximum Gasteiger partial charge on any atom is 0.260 e. The molecule has 3 aromatic rings. The standard InChI is InChI=1S/C19H22N4O3S/c1-4-23(5-2)11-17-20-19(27-22-17)21-18(24)14-10-16(26-12-14)13-7-6-8-15(9-13)25-3/h6-10,12H,4-5,11H2,1-3H3,(H,20,21,22,24). The van der Waals surface area contributed by atoms with E-state index in [1.54, 1.807) is 13.2 Å². The Morgan fingerprint density at radius 3 is 2.85 bits per heavy atom. The van der Waals surface area contributed by atoms with E-state index in [1.165, 1.54) is 17.8 Å². The molecule has 1 aromatic carbocycles. The lowest BCUT2D eigenvalue weighted by atomic mass is 10.1. The van der Waals surface area contributed by atoms with Crippen molar-refractivity contribution in [3.8, 4) is 17.1 Å². The smallest absolute Gasteiger partial charge is 0.260 e. The van der Waals surface area contributed by atoms with Crippen LogP contribution in [0.4, 0.5) is 5.13 Å². The number of methoxy groups -OCH3 is 1. The molecule has 1 N–H and O–H groups in total.